The zero-order valence-electron chi connectivity index (χ0n) is 14.0. The number of carbonyl (C=O) groups excluding carboxylic acids is 2. The summed E-state index contributed by atoms with van der Waals surface area (Å²) in [6.07, 6.45) is 2.60. The van der Waals surface area contributed by atoms with Gasteiger partial charge in [-0.1, -0.05) is 43.0 Å². The van der Waals surface area contributed by atoms with Gasteiger partial charge in [0.15, 0.2) is 0 Å². The number of hydrogen-bond donors (Lipinski definition) is 3. The minimum atomic E-state index is -1.03. The summed E-state index contributed by atoms with van der Waals surface area (Å²) in [6.45, 7) is 2.54. The lowest BCUT2D eigenvalue weighted by Crippen LogP contribution is -2.47. The summed E-state index contributed by atoms with van der Waals surface area (Å²) in [4.78, 5) is 35.3. The molecular formula is C17H22Cl2N2O4. The fraction of sp³-hybridized carbons (Fsp3) is 0.471. The first-order valence-electron chi connectivity index (χ1n) is 8.10. The fourth-order valence-electron chi connectivity index (χ4n) is 2.13. The van der Waals surface area contributed by atoms with E-state index in [0.717, 1.165) is 19.3 Å². The van der Waals surface area contributed by atoms with Crippen molar-refractivity contribution in [1.82, 2.24) is 10.6 Å². The van der Waals surface area contributed by atoms with Crippen LogP contribution in [0.4, 0.5) is 0 Å². The lowest BCUT2D eigenvalue weighted by Gasteiger charge is -2.18. The van der Waals surface area contributed by atoms with Gasteiger partial charge in [-0.05, 0) is 31.0 Å². The van der Waals surface area contributed by atoms with Crippen LogP contribution in [0.25, 0.3) is 0 Å². The van der Waals surface area contributed by atoms with E-state index < -0.39 is 23.8 Å². The van der Waals surface area contributed by atoms with Crippen LogP contribution in [0.2, 0.25) is 10.0 Å². The molecule has 0 aliphatic rings. The molecule has 1 atom stereocenters. The quantitative estimate of drug-likeness (QED) is 0.536. The second kappa shape index (κ2) is 10.9. The normalized spacial score (nSPS) is 11.6. The molecule has 0 heterocycles. The number of carboxylic acids is 1. The minimum absolute atomic E-state index is 0.00199. The van der Waals surface area contributed by atoms with Crippen LogP contribution in [0.5, 0.6) is 0 Å². The van der Waals surface area contributed by atoms with E-state index in [1.54, 1.807) is 0 Å². The second-order valence-electron chi connectivity index (χ2n) is 5.59. The average Bonchev–Trinajstić information content (AvgIpc) is 2.57. The molecule has 1 aromatic carbocycles. The highest BCUT2D eigenvalue weighted by Gasteiger charge is 2.22. The van der Waals surface area contributed by atoms with Crippen molar-refractivity contribution >= 4 is 41.0 Å². The van der Waals surface area contributed by atoms with Crippen LogP contribution in [-0.4, -0.2) is 35.5 Å². The molecule has 0 aromatic heterocycles. The van der Waals surface area contributed by atoms with Gasteiger partial charge in [-0.15, -0.1) is 0 Å². The van der Waals surface area contributed by atoms with Crippen molar-refractivity contribution in [3.8, 4) is 0 Å². The zero-order chi connectivity index (χ0) is 18.8. The van der Waals surface area contributed by atoms with Gasteiger partial charge in [-0.2, -0.15) is 0 Å². The van der Waals surface area contributed by atoms with Gasteiger partial charge in [0.2, 0.25) is 5.91 Å². The monoisotopic (exact) mass is 388 g/mol. The first-order valence-corrected chi connectivity index (χ1v) is 8.86. The number of rotatable bonds is 10. The van der Waals surface area contributed by atoms with Crippen molar-refractivity contribution in [1.29, 1.82) is 0 Å². The van der Waals surface area contributed by atoms with E-state index in [0.29, 0.717) is 11.6 Å². The zero-order valence-corrected chi connectivity index (χ0v) is 15.5. The molecule has 0 saturated carbocycles. The van der Waals surface area contributed by atoms with E-state index in [9.17, 15) is 14.4 Å². The standard InChI is InChI=1S/C17H22Cl2N2O4/c1-2-3-4-9-20-17(25)14(7-8-15(22)23)21-16(24)11-5-6-12(18)13(19)10-11/h5-6,10,14H,2-4,7-9H2,1H3,(H,20,25)(H,21,24)(H,22,23)/t14-/m1/s1. The Morgan fingerprint density at radius 3 is 2.48 bits per heavy atom. The Labute approximate surface area is 156 Å². The largest absolute Gasteiger partial charge is 0.481 e. The Bertz CT molecular complexity index is 623. The number of carboxylic acid groups (broad SMARTS) is 1. The van der Waals surface area contributed by atoms with Crippen LogP contribution in [0.1, 0.15) is 49.4 Å². The van der Waals surface area contributed by atoms with Crippen molar-refractivity contribution in [3.05, 3.63) is 33.8 Å². The number of halogens is 2. The van der Waals surface area contributed by atoms with Gasteiger partial charge >= 0.3 is 5.97 Å². The Hall–Kier alpha value is -1.79. The number of amides is 2. The van der Waals surface area contributed by atoms with Gasteiger partial charge < -0.3 is 15.7 Å². The first kappa shape index (κ1) is 21.3. The average molecular weight is 389 g/mol. The maximum atomic E-state index is 12.3. The van der Waals surface area contributed by atoms with E-state index >= 15 is 0 Å². The van der Waals surface area contributed by atoms with E-state index in [-0.39, 0.29) is 23.4 Å². The molecule has 138 valence electrons. The summed E-state index contributed by atoms with van der Waals surface area (Å²) in [5.41, 5.74) is 0.244. The third kappa shape index (κ3) is 7.75. The highest BCUT2D eigenvalue weighted by atomic mass is 35.5. The van der Waals surface area contributed by atoms with Crippen molar-refractivity contribution in [2.45, 2.75) is 45.1 Å². The molecule has 1 aromatic rings. The SMILES string of the molecule is CCCCCNC(=O)[C@@H](CCC(=O)O)NC(=O)c1ccc(Cl)c(Cl)c1. The molecule has 0 bridgehead atoms. The van der Waals surface area contributed by atoms with E-state index in [1.807, 2.05) is 0 Å². The number of carbonyl (C=O) groups is 3. The van der Waals surface area contributed by atoms with Crippen LogP contribution in [-0.2, 0) is 9.59 Å². The highest BCUT2D eigenvalue weighted by molar-refractivity contribution is 6.42. The van der Waals surface area contributed by atoms with Gasteiger partial charge in [-0.25, -0.2) is 0 Å². The molecule has 6 nitrogen and oxygen atoms in total. The molecule has 0 unspecified atom stereocenters. The van der Waals surface area contributed by atoms with Crippen LogP contribution in [0, 0.1) is 0 Å². The Morgan fingerprint density at radius 2 is 1.88 bits per heavy atom. The summed E-state index contributed by atoms with van der Waals surface area (Å²) in [6, 6.07) is 3.43. The van der Waals surface area contributed by atoms with Gasteiger partial charge in [0.05, 0.1) is 10.0 Å². The fourth-order valence-corrected chi connectivity index (χ4v) is 2.42. The molecule has 25 heavy (non-hydrogen) atoms. The van der Waals surface area contributed by atoms with Crippen molar-refractivity contribution in [2.24, 2.45) is 0 Å². The topological polar surface area (TPSA) is 95.5 Å². The highest BCUT2D eigenvalue weighted by Crippen LogP contribution is 2.22. The molecule has 0 aliphatic heterocycles. The Balaban J connectivity index is 2.73. The summed E-state index contributed by atoms with van der Waals surface area (Å²) < 4.78 is 0. The van der Waals surface area contributed by atoms with Crippen molar-refractivity contribution < 1.29 is 19.5 Å². The summed E-state index contributed by atoms with van der Waals surface area (Å²) in [5.74, 6) is -1.95. The maximum Gasteiger partial charge on any atom is 0.303 e. The molecular weight excluding hydrogens is 367 g/mol. The summed E-state index contributed by atoms with van der Waals surface area (Å²) in [7, 11) is 0. The lowest BCUT2D eigenvalue weighted by atomic mass is 10.1. The van der Waals surface area contributed by atoms with Crippen LogP contribution in [0.3, 0.4) is 0 Å². The predicted octanol–water partition coefficient (Wildman–Crippen LogP) is 3.26. The number of unbranched alkanes of at least 4 members (excludes halogenated alkanes) is 2. The second-order valence-corrected chi connectivity index (χ2v) is 6.40. The van der Waals surface area contributed by atoms with Gasteiger partial charge in [0.25, 0.3) is 5.91 Å². The van der Waals surface area contributed by atoms with Gasteiger partial charge in [0.1, 0.15) is 6.04 Å². The lowest BCUT2D eigenvalue weighted by molar-refractivity contribution is -0.137. The third-order valence-corrected chi connectivity index (χ3v) is 4.27. The first-order chi connectivity index (χ1) is 11.8. The molecule has 0 fully saturated rings. The molecule has 0 saturated heterocycles. The molecule has 1 rings (SSSR count). The number of hydrogen-bond acceptors (Lipinski definition) is 3. The van der Waals surface area contributed by atoms with E-state index in [1.165, 1.54) is 18.2 Å². The molecule has 0 aliphatic carbocycles. The molecule has 2 amide bonds. The maximum absolute atomic E-state index is 12.3. The number of benzene rings is 1. The van der Waals surface area contributed by atoms with Gasteiger partial charge in [0, 0.05) is 18.5 Å². The number of nitrogens with one attached hydrogen (secondary N) is 2. The van der Waals surface area contributed by atoms with E-state index in [4.69, 9.17) is 28.3 Å². The molecule has 0 spiro atoms. The van der Waals surface area contributed by atoms with Crippen molar-refractivity contribution in [2.75, 3.05) is 6.54 Å². The summed E-state index contributed by atoms with van der Waals surface area (Å²) >= 11 is 11.7. The van der Waals surface area contributed by atoms with Crippen molar-refractivity contribution in [3.63, 3.8) is 0 Å². The van der Waals surface area contributed by atoms with E-state index in [2.05, 4.69) is 17.6 Å². The minimum Gasteiger partial charge on any atom is -0.481 e. The Morgan fingerprint density at radius 1 is 1.16 bits per heavy atom. The molecule has 3 N–H and O–H groups in total. The number of aliphatic carboxylic acids is 1. The predicted molar refractivity (Wildman–Crippen MR) is 97.1 cm³/mol. The summed E-state index contributed by atoms with van der Waals surface area (Å²) in [5, 5.41) is 14.7. The Kier molecular flexibility index (Phi) is 9.31. The van der Waals surface area contributed by atoms with Crippen LogP contribution < -0.4 is 10.6 Å². The smallest absolute Gasteiger partial charge is 0.303 e. The molecule has 0 radical (unpaired) electrons. The van der Waals surface area contributed by atoms with Crippen LogP contribution in [0.15, 0.2) is 18.2 Å². The van der Waals surface area contributed by atoms with Gasteiger partial charge in [-0.3, -0.25) is 14.4 Å². The molecule has 8 heteroatoms. The third-order valence-electron chi connectivity index (χ3n) is 3.53. The van der Waals surface area contributed by atoms with Crippen LogP contribution >= 0.6 is 23.2 Å².